The van der Waals surface area contributed by atoms with Gasteiger partial charge in [0.25, 0.3) is 0 Å². The molecule has 0 saturated heterocycles. The van der Waals surface area contributed by atoms with E-state index in [0.29, 0.717) is 23.0 Å². The highest BCUT2D eigenvalue weighted by molar-refractivity contribution is 7.95. The highest BCUT2D eigenvalue weighted by atomic mass is 31.2. The molecule has 0 aromatic heterocycles. The van der Waals surface area contributed by atoms with Crippen LogP contribution in [0.15, 0.2) is 24.3 Å². The van der Waals surface area contributed by atoms with E-state index in [2.05, 4.69) is 121 Å². The number of carbonyl (C=O) groups is 2. The molecule has 0 aliphatic carbocycles. The Morgan fingerprint density at radius 3 is 1.11 bits per heavy atom. The molecule has 44 heavy (non-hydrogen) atoms. The molecule has 0 N–H and O–H groups in total. The van der Waals surface area contributed by atoms with Crippen LogP contribution in [0.5, 0.6) is 0 Å². The van der Waals surface area contributed by atoms with Crippen LogP contribution in [0.3, 0.4) is 0 Å². The van der Waals surface area contributed by atoms with Gasteiger partial charge in [0.2, 0.25) is 18.2 Å². The van der Waals surface area contributed by atoms with Gasteiger partial charge in [-0.1, -0.05) is 140 Å². The fourth-order valence-corrected chi connectivity index (χ4v) is 9.23. The minimum atomic E-state index is -4.08. The van der Waals surface area contributed by atoms with Gasteiger partial charge in [-0.25, -0.2) is 0 Å². The lowest BCUT2D eigenvalue weighted by Crippen LogP contribution is -2.23. The van der Waals surface area contributed by atoms with Crippen molar-refractivity contribution in [2.45, 2.75) is 158 Å². The summed E-state index contributed by atoms with van der Waals surface area (Å²) in [7, 11) is -4.08. The summed E-state index contributed by atoms with van der Waals surface area (Å²) in [5.74, 6) is 0.855. The second-order valence-electron chi connectivity index (χ2n) is 15.0. The molecule has 246 valence electrons. The molecule has 0 bridgehead atoms. The molecular formula is C40H63O3P. The Morgan fingerprint density at radius 1 is 0.568 bits per heavy atom. The number of rotatable bonds is 16. The van der Waals surface area contributed by atoms with Crippen LogP contribution in [-0.2, 0) is 4.57 Å². The summed E-state index contributed by atoms with van der Waals surface area (Å²) in [6, 6.07) is 8.53. The van der Waals surface area contributed by atoms with Crippen LogP contribution >= 0.6 is 7.14 Å². The van der Waals surface area contributed by atoms with E-state index in [0.717, 1.165) is 47.9 Å². The zero-order valence-corrected chi connectivity index (χ0v) is 31.5. The summed E-state index contributed by atoms with van der Waals surface area (Å²) in [6.45, 7) is 29.7. The van der Waals surface area contributed by atoms with E-state index in [9.17, 15) is 0 Å². The maximum atomic E-state index is 15.8. The van der Waals surface area contributed by atoms with Gasteiger partial charge in [0.1, 0.15) is 0 Å². The third-order valence-corrected chi connectivity index (χ3v) is 12.2. The van der Waals surface area contributed by atoms with E-state index in [4.69, 9.17) is 0 Å². The van der Waals surface area contributed by atoms with Gasteiger partial charge in [0.05, 0.1) is 0 Å². The standard InChI is InChI=1S/C40H63O3P/c1-15-17-18-30(16-2)23-44(43,39(41)37-33(26(7)8)19-31(24(3)4)20-34(37)27(9)10)40(42)38-35(28(11)12)21-32(25(5)6)22-36(38)29(13)14/h19-22,24-30H,15-18,23H2,1-14H3. The number of hydrogen-bond donors (Lipinski definition) is 0. The zero-order chi connectivity index (χ0) is 33.7. The van der Waals surface area contributed by atoms with Crippen LogP contribution in [0.2, 0.25) is 0 Å². The molecule has 0 heterocycles. The Kier molecular flexibility index (Phi) is 13.9. The lowest BCUT2D eigenvalue weighted by Gasteiger charge is -2.29. The minimum absolute atomic E-state index is 0.0496. The Labute approximate surface area is 270 Å². The second-order valence-corrected chi connectivity index (χ2v) is 17.7. The maximum Gasteiger partial charge on any atom is 0.229 e. The highest BCUT2D eigenvalue weighted by Crippen LogP contribution is 2.57. The number of unbranched alkanes of at least 4 members (excludes halogenated alkanes) is 1. The lowest BCUT2D eigenvalue weighted by atomic mass is 9.85. The average molecular weight is 623 g/mol. The number of carbonyl (C=O) groups excluding carboxylic acids is 2. The van der Waals surface area contributed by atoms with Crippen LogP contribution in [0.1, 0.15) is 212 Å². The molecule has 4 heteroatoms. The summed E-state index contributed by atoms with van der Waals surface area (Å²) in [5.41, 5.74) is 6.28. The Bertz CT molecular complexity index is 1190. The van der Waals surface area contributed by atoms with E-state index < -0.39 is 18.2 Å². The maximum absolute atomic E-state index is 15.8. The summed E-state index contributed by atoms with van der Waals surface area (Å²) < 4.78 is 15.8. The van der Waals surface area contributed by atoms with Crippen molar-refractivity contribution >= 4 is 18.2 Å². The number of hydrogen-bond acceptors (Lipinski definition) is 3. The molecule has 2 aromatic carbocycles. The van der Waals surface area contributed by atoms with Crippen LogP contribution in [0.4, 0.5) is 0 Å². The molecule has 0 spiro atoms. The van der Waals surface area contributed by atoms with Crippen LogP contribution in [-0.4, -0.2) is 17.2 Å². The van der Waals surface area contributed by atoms with Gasteiger partial charge in [0, 0.05) is 17.3 Å². The first kappa shape index (κ1) is 38.2. The molecule has 0 fully saturated rings. The molecular weight excluding hydrogens is 559 g/mol. The molecule has 2 aromatic rings. The molecule has 0 saturated carbocycles. The van der Waals surface area contributed by atoms with Gasteiger partial charge < -0.3 is 4.57 Å². The molecule has 2 rings (SSSR count). The van der Waals surface area contributed by atoms with Crippen LogP contribution in [0, 0.1) is 5.92 Å². The average Bonchev–Trinajstić information content (AvgIpc) is 2.96. The van der Waals surface area contributed by atoms with E-state index in [1.165, 1.54) is 11.1 Å². The van der Waals surface area contributed by atoms with E-state index in [1.54, 1.807) is 0 Å². The van der Waals surface area contributed by atoms with Gasteiger partial charge in [-0.05, 0) is 81.2 Å². The van der Waals surface area contributed by atoms with Crippen molar-refractivity contribution in [2.24, 2.45) is 5.92 Å². The molecule has 0 aliphatic rings. The zero-order valence-electron chi connectivity index (χ0n) is 30.6. The van der Waals surface area contributed by atoms with Gasteiger partial charge in [-0.15, -0.1) is 0 Å². The molecule has 0 amide bonds. The molecule has 3 nitrogen and oxygen atoms in total. The van der Waals surface area contributed by atoms with Gasteiger partial charge in [-0.2, -0.15) is 0 Å². The van der Waals surface area contributed by atoms with Crippen molar-refractivity contribution in [1.82, 2.24) is 0 Å². The van der Waals surface area contributed by atoms with Crippen molar-refractivity contribution in [3.8, 4) is 0 Å². The van der Waals surface area contributed by atoms with Crippen molar-refractivity contribution < 1.29 is 14.2 Å². The minimum Gasteiger partial charge on any atom is -0.307 e. The summed E-state index contributed by atoms with van der Waals surface area (Å²) in [5, 5.41) is 0. The monoisotopic (exact) mass is 622 g/mol. The van der Waals surface area contributed by atoms with E-state index in [1.807, 2.05) is 0 Å². The summed E-state index contributed by atoms with van der Waals surface area (Å²) in [4.78, 5) is 30.4. The first-order valence-electron chi connectivity index (χ1n) is 17.5. The SMILES string of the molecule is CCCCC(CC)CP(=O)(C(=O)c1c(C(C)C)cc(C(C)C)cc1C(C)C)C(=O)c1c(C(C)C)cc(C(C)C)cc1C(C)C. The Morgan fingerprint density at radius 2 is 0.886 bits per heavy atom. The van der Waals surface area contributed by atoms with Crippen molar-refractivity contribution in [3.05, 3.63) is 68.8 Å². The smallest absolute Gasteiger partial charge is 0.229 e. The Balaban J connectivity index is 3.06. The lowest BCUT2D eigenvalue weighted by molar-refractivity contribution is 0.103. The van der Waals surface area contributed by atoms with Gasteiger partial charge >= 0.3 is 0 Å². The van der Waals surface area contributed by atoms with Crippen LogP contribution < -0.4 is 0 Å². The van der Waals surface area contributed by atoms with Crippen molar-refractivity contribution in [2.75, 3.05) is 6.16 Å². The normalized spacial score (nSPS) is 13.3. The molecule has 1 atom stereocenters. The first-order valence-corrected chi connectivity index (χ1v) is 19.4. The third-order valence-electron chi connectivity index (χ3n) is 9.41. The third kappa shape index (κ3) is 8.43. The second kappa shape index (κ2) is 16.0. The topological polar surface area (TPSA) is 51.2 Å². The molecule has 0 radical (unpaired) electrons. The fourth-order valence-electron chi connectivity index (χ4n) is 6.31. The summed E-state index contributed by atoms with van der Waals surface area (Å²) in [6.07, 6.45) is 3.84. The first-order chi connectivity index (χ1) is 20.4. The van der Waals surface area contributed by atoms with Gasteiger partial charge in [-0.3, -0.25) is 9.59 Å². The van der Waals surface area contributed by atoms with Crippen LogP contribution in [0.25, 0.3) is 0 Å². The van der Waals surface area contributed by atoms with Crippen molar-refractivity contribution in [1.29, 1.82) is 0 Å². The van der Waals surface area contributed by atoms with Gasteiger partial charge in [0.15, 0.2) is 0 Å². The number of benzene rings is 2. The molecule has 1 unspecified atom stereocenters. The van der Waals surface area contributed by atoms with E-state index >= 15 is 14.2 Å². The predicted molar refractivity (Wildman–Crippen MR) is 192 cm³/mol. The predicted octanol–water partition coefficient (Wildman–Crippen LogP) is 13.0. The largest absolute Gasteiger partial charge is 0.307 e. The fraction of sp³-hybridized carbons (Fsp3) is 0.650. The van der Waals surface area contributed by atoms with E-state index in [-0.39, 0.29) is 35.8 Å². The summed E-state index contributed by atoms with van der Waals surface area (Å²) >= 11 is 0. The quantitative estimate of drug-likeness (QED) is 0.175. The highest BCUT2D eigenvalue weighted by Gasteiger charge is 2.46. The van der Waals surface area contributed by atoms with Crippen molar-refractivity contribution in [3.63, 3.8) is 0 Å². The Hall–Kier alpha value is -1.99. The molecule has 0 aliphatic heterocycles.